The van der Waals surface area contributed by atoms with Gasteiger partial charge in [0.1, 0.15) is 17.2 Å². The van der Waals surface area contributed by atoms with Crippen LogP contribution in [-0.4, -0.2) is 35.9 Å². The van der Waals surface area contributed by atoms with Crippen molar-refractivity contribution in [3.8, 4) is 6.07 Å². The van der Waals surface area contributed by atoms with Crippen LogP contribution in [-0.2, 0) is 4.74 Å². The van der Waals surface area contributed by atoms with E-state index in [1.54, 1.807) is 6.07 Å². The fraction of sp³-hybridized carbons (Fsp3) is 0.529. The zero-order chi connectivity index (χ0) is 18.1. The molecule has 7 heteroatoms. The molecule has 1 aliphatic rings. The zero-order valence-corrected chi connectivity index (χ0v) is 13.8. The second-order valence-electron chi connectivity index (χ2n) is 6.51. The van der Waals surface area contributed by atoms with Gasteiger partial charge < -0.3 is 15.2 Å². The lowest BCUT2D eigenvalue weighted by atomic mass is 9.56. The van der Waals surface area contributed by atoms with E-state index in [2.05, 4.69) is 5.32 Å². The van der Waals surface area contributed by atoms with Crippen molar-refractivity contribution >= 4 is 5.91 Å². The number of carbonyl (C=O) groups excluding carboxylic acids is 1. The number of amides is 1. The summed E-state index contributed by atoms with van der Waals surface area (Å²) in [6.45, 7) is 5.84. The summed E-state index contributed by atoms with van der Waals surface area (Å²) in [6.07, 6.45) is 0.180. The first-order valence-corrected chi connectivity index (χ1v) is 7.67. The number of rotatable bonds is 5. The molecule has 1 fully saturated rings. The van der Waals surface area contributed by atoms with Crippen LogP contribution in [0.2, 0.25) is 0 Å². The molecule has 130 valence electrons. The lowest BCUT2D eigenvalue weighted by molar-refractivity contribution is -0.237. The van der Waals surface area contributed by atoms with Gasteiger partial charge in [-0.05, 0) is 19.1 Å². The lowest BCUT2D eigenvalue weighted by Gasteiger charge is -2.57. The van der Waals surface area contributed by atoms with Crippen LogP contribution < -0.4 is 5.32 Å². The predicted octanol–water partition coefficient (Wildman–Crippen LogP) is 2.13. The molecule has 0 radical (unpaired) electrons. The van der Waals surface area contributed by atoms with Gasteiger partial charge in [-0.2, -0.15) is 5.26 Å². The largest absolute Gasteiger partial charge is 0.387 e. The van der Waals surface area contributed by atoms with Crippen LogP contribution in [0, 0.1) is 28.4 Å². The Kier molecular flexibility index (Phi) is 4.92. The van der Waals surface area contributed by atoms with Crippen molar-refractivity contribution < 1.29 is 23.4 Å². The molecule has 1 saturated carbocycles. The van der Waals surface area contributed by atoms with Crippen molar-refractivity contribution in [2.75, 3.05) is 13.2 Å². The summed E-state index contributed by atoms with van der Waals surface area (Å²) in [7, 11) is 0. The van der Waals surface area contributed by atoms with Gasteiger partial charge in [0.15, 0.2) is 0 Å². The summed E-state index contributed by atoms with van der Waals surface area (Å²) in [5.41, 5.74) is -2.80. The van der Waals surface area contributed by atoms with Crippen molar-refractivity contribution in [2.45, 2.75) is 38.9 Å². The number of carbonyl (C=O) groups is 1. The number of ether oxygens (including phenoxy) is 1. The van der Waals surface area contributed by atoms with Crippen LogP contribution in [0.3, 0.4) is 0 Å². The van der Waals surface area contributed by atoms with Crippen LogP contribution in [0.4, 0.5) is 8.78 Å². The predicted molar refractivity (Wildman–Crippen MR) is 82.2 cm³/mol. The maximum atomic E-state index is 13.8. The Morgan fingerprint density at radius 1 is 1.46 bits per heavy atom. The number of nitrogens with zero attached hydrogens (tertiary/aromatic N) is 1. The Bertz CT molecular complexity index is 677. The molecule has 1 aromatic carbocycles. The van der Waals surface area contributed by atoms with Crippen molar-refractivity contribution in [3.05, 3.63) is 34.9 Å². The van der Waals surface area contributed by atoms with Crippen molar-refractivity contribution in [2.24, 2.45) is 5.41 Å². The summed E-state index contributed by atoms with van der Waals surface area (Å²) >= 11 is 0. The number of hydrogen-bond donors (Lipinski definition) is 2. The number of hydrogen-bond acceptors (Lipinski definition) is 4. The van der Waals surface area contributed by atoms with Crippen LogP contribution in [0.1, 0.15) is 43.1 Å². The molecule has 0 aliphatic heterocycles. The summed E-state index contributed by atoms with van der Waals surface area (Å²) in [5.74, 6) is -3.20. The van der Waals surface area contributed by atoms with E-state index in [0.29, 0.717) is 13.0 Å². The molecule has 2 rings (SSSR count). The smallest absolute Gasteiger partial charge is 0.257 e. The third kappa shape index (κ3) is 2.99. The Morgan fingerprint density at radius 3 is 2.50 bits per heavy atom. The van der Waals surface area contributed by atoms with Crippen molar-refractivity contribution in [1.82, 2.24) is 5.32 Å². The highest BCUT2D eigenvalue weighted by Gasteiger charge is 2.60. The van der Waals surface area contributed by atoms with Gasteiger partial charge in [-0.25, -0.2) is 8.78 Å². The summed E-state index contributed by atoms with van der Waals surface area (Å²) in [6, 6.07) is 3.20. The molecule has 0 bridgehead atoms. The molecule has 2 atom stereocenters. The molecule has 1 aliphatic carbocycles. The molecule has 24 heavy (non-hydrogen) atoms. The molecule has 0 heterocycles. The van der Waals surface area contributed by atoms with Crippen LogP contribution in [0.25, 0.3) is 0 Å². The summed E-state index contributed by atoms with van der Waals surface area (Å²) in [5, 5.41) is 21.7. The Balaban J connectivity index is 2.09. The van der Waals surface area contributed by atoms with Gasteiger partial charge in [0.25, 0.3) is 5.91 Å². The summed E-state index contributed by atoms with van der Waals surface area (Å²) in [4.78, 5) is 12.1. The SMILES string of the molecule is CCO[C@@H]1C[C@](O)(CNC(=O)c2c(F)cc(C#N)cc2F)C1(C)C. The maximum absolute atomic E-state index is 13.8. The molecule has 5 nitrogen and oxygen atoms in total. The van der Waals surface area contributed by atoms with Crippen LogP contribution in [0.15, 0.2) is 12.1 Å². The molecule has 0 spiro atoms. The van der Waals surface area contributed by atoms with E-state index in [9.17, 15) is 18.7 Å². The molecular formula is C17H20F2N2O3. The van der Waals surface area contributed by atoms with Crippen molar-refractivity contribution in [3.63, 3.8) is 0 Å². The van der Waals surface area contributed by atoms with E-state index >= 15 is 0 Å². The zero-order valence-electron chi connectivity index (χ0n) is 13.8. The van der Waals surface area contributed by atoms with Gasteiger partial charge in [0, 0.05) is 25.0 Å². The average molecular weight is 338 g/mol. The monoisotopic (exact) mass is 338 g/mol. The normalized spacial score (nSPS) is 24.8. The first-order valence-electron chi connectivity index (χ1n) is 7.67. The van der Waals surface area contributed by atoms with Gasteiger partial charge in [-0.3, -0.25) is 4.79 Å². The second kappa shape index (κ2) is 6.46. The Labute approximate surface area is 139 Å². The van der Waals surface area contributed by atoms with Gasteiger partial charge in [0.05, 0.1) is 23.3 Å². The fourth-order valence-corrected chi connectivity index (χ4v) is 2.93. The van der Waals surface area contributed by atoms with E-state index in [1.165, 1.54) is 0 Å². The van der Waals surface area contributed by atoms with Crippen LogP contribution in [0.5, 0.6) is 0 Å². The fourth-order valence-electron chi connectivity index (χ4n) is 2.93. The molecule has 2 N–H and O–H groups in total. The molecule has 0 saturated heterocycles. The highest BCUT2D eigenvalue weighted by molar-refractivity contribution is 5.95. The number of nitriles is 1. The molecule has 1 amide bonds. The number of aliphatic hydroxyl groups is 1. The first kappa shape index (κ1) is 18.3. The molecule has 1 aromatic rings. The van der Waals surface area contributed by atoms with Gasteiger partial charge in [-0.1, -0.05) is 13.8 Å². The number of benzene rings is 1. The van der Waals surface area contributed by atoms with E-state index in [0.717, 1.165) is 12.1 Å². The lowest BCUT2D eigenvalue weighted by Crippen LogP contribution is -2.68. The summed E-state index contributed by atoms with van der Waals surface area (Å²) < 4.78 is 33.2. The molecular weight excluding hydrogens is 318 g/mol. The van der Waals surface area contributed by atoms with Crippen LogP contribution >= 0.6 is 0 Å². The molecule has 0 aromatic heterocycles. The molecule has 0 unspecified atom stereocenters. The van der Waals surface area contributed by atoms with E-state index < -0.39 is 34.1 Å². The van der Waals surface area contributed by atoms with E-state index in [1.807, 2.05) is 20.8 Å². The standard InChI is InChI=1S/C17H20F2N2O3/c1-4-24-13-7-17(23,16(13,2)3)9-21-15(22)14-11(18)5-10(8-20)6-12(14)19/h5-6,13,23H,4,7,9H2,1-3H3,(H,21,22)/t13-,17+/m1/s1. The highest BCUT2D eigenvalue weighted by atomic mass is 19.1. The van der Waals surface area contributed by atoms with Crippen molar-refractivity contribution in [1.29, 1.82) is 5.26 Å². The van der Waals surface area contributed by atoms with Gasteiger partial charge in [0.2, 0.25) is 0 Å². The van der Waals surface area contributed by atoms with E-state index in [-0.39, 0.29) is 18.2 Å². The minimum absolute atomic E-state index is 0.146. The van der Waals surface area contributed by atoms with Gasteiger partial charge in [-0.15, -0.1) is 0 Å². The minimum atomic E-state index is -1.22. The Hall–Kier alpha value is -2.04. The highest BCUT2D eigenvalue weighted by Crippen LogP contribution is 2.50. The number of nitrogens with one attached hydrogen (secondary N) is 1. The Morgan fingerprint density at radius 2 is 2.04 bits per heavy atom. The van der Waals surface area contributed by atoms with E-state index in [4.69, 9.17) is 10.00 Å². The quantitative estimate of drug-likeness (QED) is 0.862. The number of halogens is 2. The minimum Gasteiger partial charge on any atom is -0.387 e. The maximum Gasteiger partial charge on any atom is 0.257 e. The second-order valence-corrected chi connectivity index (χ2v) is 6.51. The van der Waals surface area contributed by atoms with Gasteiger partial charge >= 0.3 is 0 Å². The topological polar surface area (TPSA) is 82.3 Å². The third-order valence-electron chi connectivity index (χ3n) is 4.83. The third-order valence-corrected chi connectivity index (χ3v) is 4.83. The first-order chi connectivity index (χ1) is 11.2. The average Bonchev–Trinajstić information content (AvgIpc) is 2.51.